The molecular formula is C24H29NO2S. The van der Waals surface area contributed by atoms with E-state index in [4.69, 9.17) is 5.11 Å². The van der Waals surface area contributed by atoms with E-state index in [0.29, 0.717) is 5.56 Å². The van der Waals surface area contributed by atoms with Gasteiger partial charge in [0.2, 0.25) is 0 Å². The van der Waals surface area contributed by atoms with Gasteiger partial charge >= 0.3 is 0 Å². The predicted molar refractivity (Wildman–Crippen MR) is 120 cm³/mol. The zero-order valence-electron chi connectivity index (χ0n) is 17.1. The quantitative estimate of drug-likeness (QED) is 0.477. The summed E-state index contributed by atoms with van der Waals surface area (Å²) in [6.45, 7) is 8.71. The molecule has 28 heavy (non-hydrogen) atoms. The minimum absolute atomic E-state index is 0.252. The van der Waals surface area contributed by atoms with Crippen molar-refractivity contribution in [2.45, 2.75) is 47.0 Å². The van der Waals surface area contributed by atoms with Crippen LogP contribution in [0, 0.1) is 5.41 Å². The number of thiophene rings is 1. The van der Waals surface area contributed by atoms with E-state index in [0.717, 1.165) is 10.1 Å². The van der Waals surface area contributed by atoms with E-state index in [1.807, 2.05) is 12.1 Å². The van der Waals surface area contributed by atoms with E-state index in [1.54, 1.807) is 17.4 Å². The maximum absolute atomic E-state index is 11.9. The lowest BCUT2D eigenvalue weighted by Gasteiger charge is -2.32. The van der Waals surface area contributed by atoms with Crippen LogP contribution in [0.1, 0.15) is 62.2 Å². The van der Waals surface area contributed by atoms with Gasteiger partial charge in [-0.3, -0.25) is 4.79 Å². The molecule has 3 rings (SSSR count). The second-order valence-corrected chi connectivity index (χ2v) is 9.33. The first kappa shape index (κ1) is 20.6. The molecule has 4 heteroatoms. The van der Waals surface area contributed by atoms with Crippen molar-refractivity contribution in [3.05, 3.63) is 63.6 Å². The third-order valence-corrected chi connectivity index (χ3v) is 6.51. The van der Waals surface area contributed by atoms with Gasteiger partial charge in [0.1, 0.15) is 6.73 Å². The minimum atomic E-state index is -0.354. The maximum Gasteiger partial charge on any atom is 0.253 e. The molecule has 2 N–H and O–H groups in total. The second-order valence-electron chi connectivity index (χ2n) is 8.22. The number of hydrogen-bond donors (Lipinski definition) is 2. The number of allylic oxidation sites excluding steroid dienone is 5. The van der Waals surface area contributed by atoms with E-state index in [-0.39, 0.29) is 18.1 Å². The summed E-state index contributed by atoms with van der Waals surface area (Å²) in [6.07, 6.45) is 10.4. The summed E-state index contributed by atoms with van der Waals surface area (Å²) in [7, 11) is 0. The molecule has 3 nitrogen and oxygen atoms in total. The first-order valence-electron chi connectivity index (χ1n) is 9.79. The van der Waals surface area contributed by atoms with Crippen LogP contribution in [0.2, 0.25) is 0 Å². The summed E-state index contributed by atoms with van der Waals surface area (Å²) < 4.78 is 1.07. The largest absolute Gasteiger partial charge is 0.376 e. The lowest BCUT2D eigenvalue weighted by Crippen LogP contribution is -2.23. The van der Waals surface area contributed by atoms with Crippen LogP contribution in [-0.4, -0.2) is 17.7 Å². The SMILES string of the molecule is CC1=C(C=C/C(C)=C/c2cc3ccc(C(=O)NCO)cc3s2)C(C)(C)CCC1. The highest BCUT2D eigenvalue weighted by Gasteiger charge is 2.26. The number of fused-ring (bicyclic) bond motifs is 1. The molecule has 0 atom stereocenters. The van der Waals surface area contributed by atoms with Gasteiger partial charge in [0.05, 0.1) is 0 Å². The molecule has 0 saturated heterocycles. The van der Waals surface area contributed by atoms with Gasteiger partial charge in [0.15, 0.2) is 0 Å². The lowest BCUT2D eigenvalue weighted by atomic mass is 9.72. The monoisotopic (exact) mass is 395 g/mol. The molecule has 1 heterocycles. The molecule has 1 aromatic carbocycles. The van der Waals surface area contributed by atoms with Crippen molar-refractivity contribution >= 4 is 33.4 Å². The van der Waals surface area contributed by atoms with Crippen LogP contribution in [-0.2, 0) is 0 Å². The number of hydrogen-bond acceptors (Lipinski definition) is 3. The molecule has 0 bridgehead atoms. The molecule has 0 aliphatic heterocycles. The van der Waals surface area contributed by atoms with E-state index in [2.05, 4.69) is 57.3 Å². The summed E-state index contributed by atoms with van der Waals surface area (Å²) in [5.74, 6) is -0.257. The normalized spacial score (nSPS) is 17.5. The van der Waals surface area contributed by atoms with E-state index in [9.17, 15) is 4.79 Å². The van der Waals surface area contributed by atoms with Crippen LogP contribution in [0.15, 0.2) is 53.1 Å². The van der Waals surface area contributed by atoms with Gasteiger partial charge in [-0.1, -0.05) is 37.6 Å². The van der Waals surface area contributed by atoms with Gasteiger partial charge in [0.25, 0.3) is 5.91 Å². The molecule has 0 radical (unpaired) electrons. The summed E-state index contributed by atoms with van der Waals surface area (Å²) in [5.41, 5.74) is 5.02. The van der Waals surface area contributed by atoms with Crippen LogP contribution >= 0.6 is 11.3 Å². The third kappa shape index (κ3) is 4.62. The number of benzene rings is 1. The number of aliphatic hydroxyl groups excluding tert-OH is 1. The standard InChI is InChI=1S/C24H29NO2S/c1-16(7-10-21-17(2)6-5-11-24(21,3)4)12-20-13-18-8-9-19(14-22(18)28-20)23(27)25-15-26/h7-10,12-14,26H,5-6,11,15H2,1-4H3,(H,25,27)/b10-7?,16-12+. The molecular weight excluding hydrogens is 366 g/mol. The number of carbonyl (C=O) groups is 1. The van der Waals surface area contributed by atoms with E-state index in [1.165, 1.54) is 40.9 Å². The number of carbonyl (C=O) groups excluding carboxylic acids is 1. The van der Waals surface area contributed by atoms with Crippen molar-refractivity contribution in [1.82, 2.24) is 5.32 Å². The summed E-state index contributed by atoms with van der Waals surface area (Å²) >= 11 is 1.67. The van der Waals surface area contributed by atoms with Crippen LogP contribution < -0.4 is 5.32 Å². The molecule has 148 valence electrons. The number of aliphatic hydroxyl groups is 1. The van der Waals surface area contributed by atoms with Gasteiger partial charge in [-0.05, 0) is 79.3 Å². The summed E-state index contributed by atoms with van der Waals surface area (Å²) in [6, 6.07) is 7.78. The highest BCUT2D eigenvalue weighted by Crippen LogP contribution is 2.40. The zero-order chi connectivity index (χ0) is 20.3. The fourth-order valence-electron chi connectivity index (χ4n) is 3.94. The first-order chi connectivity index (χ1) is 13.3. The Morgan fingerprint density at radius 2 is 2.11 bits per heavy atom. The van der Waals surface area contributed by atoms with Crippen LogP contribution in [0.25, 0.3) is 16.2 Å². The number of amides is 1. The first-order valence-corrected chi connectivity index (χ1v) is 10.6. The summed E-state index contributed by atoms with van der Waals surface area (Å²) in [4.78, 5) is 13.1. The highest BCUT2D eigenvalue weighted by atomic mass is 32.1. The summed E-state index contributed by atoms with van der Waals surface area (Å²) in [5, 5.41) is 12.4. The molecule has 2 aromatic rings. The van der Waals surface area contributed by atoms with Crippen LogP contribution in [0.5, 0.6) is 0 Å². The predicted octanol–water partition coefficient (Wildman–Crippen LogP) is 6.07. The maximum atomic E-state index is 11.9. The average Bonchev–Trinajstić information content (AvgIpc) is 3.02. The minimum Gasteiger partial charge on any atom is -0.376 e. The molecule has 1 aliphatic rings. The molecule has 1 aromatic heterocycles. The van der Waals surface area contributed by atoms with E-state index >= 15 is 0 Å². The van der Waals surface area contributed by atoms with Gasteiger partial charge in [-0.25, -0.2) is 0 Å². The van der Waals surface area contributed by atoms with Crippen molar-refractivity contribution in [2.75, 3.05) is 6.73 Å². The van der Waals surface area contributed by atoms with Crippen molar-refractivity contribution in [1.29, 1.82) is 0 Å². The van der Waals surface area contributed by atoms with Crippen molar-refractivity contribution in [2.24, 2.45) is 5.41 Å². The van der Waals surface area contributed by atoms with Crippen LogP contribution in [0.4, 0.5) is 0 Å². The van der Waals surface area contributed by atoms with Crippen molar-refractivity contribution < 1.29 is 9.90 Å². The highest BCUT2D eigenvalue weighted by molar-refractivity contribution is 7.19. The molecule has 0 saturated carbocycles. The van der Waals surface area contributed by atoms with Gasteiger partial charge < -0.3 is 10.4 Å². The van der Waals surface area contributed by atoms with Gasteiger partial charge in [0, 0.05) is 15.1 Å². The molecule has 1 aliphatic carbocycles. The molecule has 0 spiro atoms. The Hall–Kier alpha value is -2.17. The average molecular weight is 396 g/mol. The number of rotatable bonds is 5. The Balaban J connectivity index is 1.82. The Bertz CT molecular complexity index is 976. The fourth-order valence-corrected chi connectivity index (χ4v) is 5.05. The third-order valence-electron chi connectivity index (χ3n) is 5.47. The van der Waals surface area contributed by atoms with Crippen molar-refractivity contribution in [3.8, 4) is 0 Å². The zero-order valence-corrected chi connectivity index (χ0v) is 18.0. The van der Waals surface area contributed by atoms with Crippen LogP contribution in [0.3, 0.4) is 0 Å². The topological polar surface area (TPSA) is 49.3 Å². The Labute approximate surface area is 171 Å². The Morgan fingerprint density at radius 3 is 2.82 bits per heavy atom. The Morgan fingerprint density at radius 1 is 1.32 bits per heavy atom. The lowest BCUT2D eigenvalue weighted by molar-refractivity contribution is 0.0910. The number of nitrogens with one attached hydrogen (secondary N) is 1. The molecule has 1 amide bonds. The fraction of sp³-hybridized carbons (Fsp3) is 0.375. The smallest absolute Gasteiger partial charge is 0.253 e. The van der Waals surface area contributed by atoms with Gasteiger partial charge in [-0.2, -0.15) is 0 Å². The molecule has 0 fully saturated rings. The van der Waals surface area contributed by atoms with Gasteiger partial charge in [-0.15, -0.1) is 11.3 Å². The Kier molecular flexibility index (Phi) is 6.21. The van der Waals surface area contributed by atoms with E-state index < -0.39 is 0 Å². The van der Waals surface area contributed by atoms with Crippen molar-refractivity contribution in [3.63, 3.8) is 0 Å². The molecule has 0 unspecified atom stereocenters. The second kappa shape index (κ2) is 8.46.